The third kappa shape index (κ3) is 2.63. The summed E-state index contributed by atoms with van der Waals surface area (Å²) in [6.45, 7) is 1.14. The van der Waals surface area contributed by atoms with Crippen LogP contribution in [0.3, 0.4) is 0 Å². The predicted molar refractivity (Wildman–Crippen MR) is 51.1 cm³/mol. The SMILES string of the molecule is CN(CCCN)c1ncc(F)cc1F. The number of halogens is 2. The van der Waals surface area contributed by atoms with E-state index in [9.17, 15) is 8.78 Å². The van der Waals surface area contributed by atoms with Gasteiger partial charge in [-0.05, 0) is 13.0 Å². The van der Waals surface area contributed by atoms with Crippen molar-refractivity contribution < 1.29 is 8.78 Å². The van der Waals surface area contributed by atoms with E-state index >= 15 is 0 Å². The van der Waals surface area contributed by atoms with E-state index in [1.807, 2.05) is 0 Å². The molecule has 3 nitrogen and oxygen atoms in total. The lowest BCUT2D eigenvalue weighted by molar-refractivity contribution is 0.569. The predicted octanol–water partition coefficient (Wildman–Crippen LogP) is 1.14. The molecule has 1 heterocycles. The first-order chi connectivity index (χ1) is 6.65. The summed E-state index contributed by atoms with van der Waals surface area (Å²) in [7, 11) is 1.69. The Morgan fingerprint density at radius 3 is 2.79 bits per heavy atom. The van der Waals surface area contributed by atoms with E-state index in [0.29, 0.717) is 13.1 Å². The lowest BCUT2D eigenvalue weighted by Crippen LogP contribution is -2.23. The largest absolute Gasteiger partial charge is 0.357 e. The Bertz CT molecular complexity index is 304. The summed E-state index contributed by atoms with van der Waals surface area (Å²) in [6.07, 6.45) is 1.74. The van der Waals surface area contributed by atoms with Crippen LogP contribution in [-0.2, 0) is 0 Å². The van der Waals surface area contributed by atoms with Gasteiger partial charge in [-0.1, -0.05) is 0 Å². The lowest BCUT2D eigenvalue weighted by Gasteiger charge is -2.17. The monoisotopic (exact) mass is 201 g/mol. The van der Waals surface area contributed by atoms with Crippen LogP contribution in [0, 0.1) is 11.6 Å². The highest BCUT2D eigenvalue weighted by atomic mass is 19.1. The highest BCUT2D eigenvalue weighted by Gasteiger charge is 2.09. The molecule has 0 spiro atoms. The normalized spacial score (nSPS) is 10.3. The molecule has 0 aliphatic carbocycles. The first kappa shape index (κ1) is 10.8. The van der Waals surface area contributed by atoms with Crippen LogP contribution < -0.4 is 10.6 Å². The van der Waals surface area contributed by atoms with Crippen molar-refractivity contribution in [2.75, 3.05) is 25.0 Å². The molecule has 1 aromatic rings. The number of nitrogens with two attached hydrogens (primary N) is 1. The van der Waals surface area contributed by atoms with Crippen LogP contribution in [0.25, 0.3) is 0 Å². The minimum atomic E-state index is -0.668. The molecule has 0 unspecified atom stereocenters. The van der Waals surface area contributed by atoms with Crippen molar-refractivity contribution in [3.05, 3.63) is 23.9 Å². The highest BCUT2D eigenvalue weighted by Crippen LogP contribution is 2.14. The molecule has 2 N–H and O–H groups in total. The van der Waals surface area contributed by atoms with Crippen molar-refractivity contribution in [2.24, 2.45) is 5.73 Å². The molecule has 0 aliphatic rings. The quantitative estimate of drug-likeness (QED) is 0.794. The van der Waals surface area contributed by atoms with E-state index in [-0.39, 0.29) is 5.82 Å². The molecule has 0 bridgehead atoms. The van der Waals surface area contributed by atoms with Gasteiger partial charge < -0.3 is 10.6 Å². The second kappa shape index (κ2) is 4.85. The molecule has 0 fully saturated rings. The smallest absolute Gasteiger partial charge is 0.168 e. The fourth-order valence-corrected chi connectivity index (χ4v) is 1.12. The third-order valence-electron chi connectivity index (χ3n) is 1.85. The van der Waals surface area contributed by atoms with Crippen molar-refractivity contribution in [3.8, 4) is 0 Å². The fraction of sp³-hybridized carbons (Fsp3) is 0.444. The maximum Gasteiger partial charge on any atom is 0.168 e. The van der Waals surface area contributed by atoms with Crippen LogP contribution >= 0.6 is 0 Å². The fourth-order valence-electron chi connectivity index (χ4n) is 1.12. The maximum absolute atomic E-state index is 13.2. The number of nitrogens with zero attached hydrogens (tertiary/aromatic N) is 2. The van der Waals surface area contributed by atoms with E-state index in [4.69, 9.17) is 5.73 Å². The van der Waals surface area contributed by atoms with E-state index in [0.717, 1.165) is 18.7 Å². The number of hydrogen-bond acceptors (Lipinski definition) is 3. The van der Waals surface area contributed by atoms with Crippen LogP contribution in [0.2, 0.25) is 0 Å². The summed E-state index contributed by atoms with van der Waals surface area (Å²) in [5.74, 6) is -1.16. The molecule has 0 aromatic carbocycles. The van der Waals surface area contributed by atoms with Gasteiger partial charge in [-0.2, -0.15) is 0 Å². The molecule has 0 saturated carbocycles. The summed E-state index contributed by atoms with van der Waals surface area (Å²) in [4.78, 5) is 5.28. The van der Waals surface area contributed by atoms with E-state index in [1.54, 1.807) is 11.9 Å². The van der Waals surface area contributed by atoms with Crippen molar-refractivity contribution in [2.45, 2.75) is 6.42 Å². The molecule has 14 heavy (non-hydrogen) atoms. The molecule has 0 amide bonds. The summed E-state index contributed by atoms with van der Waals surface area (Å²) in [5, 5.41) is 0. The number of rotatable bonds is 4. The lowest BCUT2D eigenvalue weighted by atomic mass is 10.3. The second-order valence-corrected chi connectivity index (χ2v) is 3.02. The minimum Gasteiger partial charge on any atom is -0.357 e. The molecule has 0 radical (unpaired) electrons. The van der Waals surface area contributed by atoms with Gasteiger partial charge in [0, 0.05) is 19.7 Å². The van der Waals surface area contributed by atoms with Gasteiger partial charge in [-0.3, -0.25) is 0 Å². The van der Waals surface area contributed by atoms with Gasteiger partial charge in [0.25, 0.3) is 0 Å². The van der Waals surface area contributed by atoms with Gasteiger partial charge in [-0.25, -0.2) is 13.8 Å². The standard InChI is InChI=1S/C9H13F2N3/c1-14(4-2-3-12)9-8(11)5-7(10)6-13-9/h5-6H,2-4,12H2,1H3. The van der Waals surface area contributed by atoms with Crippen molar-refractivity contribution in [1.29, 1.82) is 0 Å². The number of hydrogen-bond donors (Lipinski definition) is 1. The van der Waals surface area contributed by atoms with Crippen LogP contribution in [0.5, 0.6) is 0 Å². The van der Waals surface area contributed by atoms with E-state index < -0.39 is 11.6 Å². The van der Waals surface area contributed by atoms with Gasteiger partial charge in [-0.15, -0.1) is 0 Å². The molecule has 78 valence electrons. The zero-order valence-corrected chi connectivity index (χ0v) is 8.00. The summed E-state index contributed by atoms with van der Waals surface area (Å²) in [5.41, 5.74) is 5.32. The minimum absolute atomic E-state index is 0.153. The second-order valence-electron chi connectivity index (χ2n) is 3.02. The average molecular weight is 201 g/mol. The van der Waals surface area contributed by atoms with Gasteiger partial charge in [0.15, 0.2) is 11.6 Å². The van der Waals surface area contributed by atoms with Crippen LogP contribution in [-0.4, -0.2) is 25.1 Å². The number of anilines is 1. The van der Waals surface area contributed by atoms with Crippen LogP contribution in [0.1, 0.15) is 6.42 Å². The summed E-state index contributed by atoms with van der Waals surface area (Å²) >= 11 is 0. The Balaban J connectivity index is 2.74. The third-order valence-corrected chi connectivity index (χ3v) is 1.85. The van der Waals surface area contributed by atoms with Crippen molar-refractivity contribution >= 4 is 5.82 Å². The molecule has 5 heteroatoms. The maximum atomic E-state index is 13.2. The Morgan fingerprint density at radius 1 is 1.50 bits per heavy atom. The van der Waals surface area contributed by atoms with E-state index in [2.05, 4.69) is 4.98 Å². The van der Waals surface area contributed by atoms with Crippen LogP contribution in [0.4, 0.5) is 14.6 Å². The zero-order valence-electron chi connectivity index (χ0n) is 8.00. The zero-order chi connectivity index (χ0) is 10.6. The molecular weight excluding hydrogens is 188 g/mol. The molecule has 1 rings (SSSR count). The van der Waals surface area contributed by atoms with Crippen LogP contribution in [0.15, 0.2) is 12.3 Å². The molecule has 0 saturated heterocycles. The number of aromatic nitrogens is 1. The molecule has 1 aromatic heterocycles. The molecular formula is C9H13F2N3. The Labute approximate surface area is 81.5 Å². The Hall–Kier alpha value is -1.23. The van der Waals surface area contributed by atoms with Gasteiger partial charge >= 0.3 is 0 Å². The van der Waals surface area contributed by atoms with E-state index in [1.165, 1.54) is 0 Å². The Kier molecular flexibility index (Phi) is 3.76. The van der Waals surface area contributed by atoms with Gasteiger partial charge in [0.05, 0.1) is 6.20 Å². The average Bonchev–Trinajstić information content (AvgIpc) is 2.14. The topological polar surface area (TPSA) is 42.1 Å². The number of pyridine rings is 1. The summed E-state index contributed by atoms with van der Waals surface area (Å²) < 4.78 is 25.7. The molecule has 0 aliphatic heterocycles. The van der Waals surface area contributed by atoms with Gasteiger partial charge in [0.1, 0.15) is 5.82 Å². The first-order valence-electron chi connectivity index (χ1n) is 4.37. The molecule has 0 atom stereocenters. The van der Waals surface area contributed by atoms with Gasteiger partial charge in [0.2, 0.25) is 0 Å². The Morgan fingerprint density at radius 2 is 2.21 bits per heavy atom. The highest BCUT2D eigenvalue weighted by molar-refractivity contribution is 5.38. The first-order valence-corrected chi connectivity index (χ1v) is 4.37. The van der Waals surface area contributed by atoms with Crippen molar-refractivity contribution in [1.82, 2.24) is 4.98 Å². The summed E-state index contributed by atoms with van der Waals surface area (Å²) in [6, 6.07) is 0.821. The van der Waals surface area contributed by atoms with Crippen molar-refractivity contribution in [3.63, 3.8) is 0 Å².